The maximum Gasteiger partial charge on any atom is 0.394 e. The van der Waals surface area contributed by atoms with Crippen LogP contribution in [-0.2, 0) is 17.6 Å². The number of carbonyl (C=O) groups is 1. The first-order chi connectivity index (χ1) is 11.8. The van der Waals surface area contributed by atoms with Crippen LogP contribution < -0.4 is 0 Å². The molecule has 0 unspecified atom stereocenters. The molecule has 0 radical (unpaired) electrons. The molecule has 3 rings (SSSR count). The fourth-order valence-corrected chi connectivity index (χ4v) is 2.53. The second kappa shape index (κ2) is 7.59. The molecule has 0 bridgehead atoms. The topological polar surface area (TPSA) is 52.3 Å². The molecule has 0 aliphatic carbocycles. The molecule has 0 saturated carbocycles. The van der Waals surface area contributed by atoms with Crippen molar-refractivity contribution in [1.82, 2.24) is 4.98 Å². The second-order valence-electron chi connectivity index (χ2n) is 5.36. The van der Waals surface area contributed by atoms with Crippen molar-refractivity contribution in [3.63, 3.8) is 0 Å². The number of hydrogen-bond donors (Lipinski definition) is 0. The van der Waals surface area contributed by atoms with Gasteiger partial charge in [-0.1, -0.05) is 60.7 Å². The Morgan fingerprint density at radius 3 is 2.33 bits per heavy atom. The molecule has 0 fully saturated rings. The lowest BCUT2D eigenvalue weighted by Gasteiger charge is -2.02. The van der Waals surface area contributed by atoms with Gasteiger partial charge in [-0.05, 0) is 18.9 Å². The van der Waals surface area contributed by atoms with E-state index in [0.717, 1.165) is 12.0 Å². The van der Waals surface area contributed by atoms with Crippen LogP contribution in [0.2, 0.25) is 0 Å². The van der Waals surface area contributed by atoms with Crippen LogP contribution in [0.4, 0.5) is 0 Å². The number of rotatable bonds is 6. The van der Waals surface area contributed by atoms with Gasteiger partial charge in [0.15, 0.2) is 0 Å². The van der Waals surface area contributed by atoms with E-state index in [1.54, 1.807) is 6.92 Å². The van der Waals surface area contributed by atoms with E-state index < -0.39 is 5.97 Å². The number of ether oxygens (including phenoxy) is 1. The maximum absolute atomic E-state index is 11.9. The highest BCUT2D eigenvalue weighted by atomic mass is 16.5. The molecule has 0 N–H and O–H groups in total. The van der Waals surface area contributed by atoms with Gasteiger partial charge in [0.25, 0.3) is 0 Å². The zero-order valence-corrected chi connectivity index (χ0v) is 13.6. The molecule has 4 nitrogen and oxygen atoms in total. The van der Waals surface area contributed by atoms with Gasteiger partial charge in [-0.25, -0.2) is 9.78 Å². The average Bonchev–Trinajstić information content (AvgIpc) is 3.06. The fraction of sp³-hybridized carbons (Fsp3) is 0.200. The van der Waals surface area contributed by atoms with Crippen molar-refractivity contribution in [2.75, 3.05) is 6.61 Å². The van der Waals surface area contributed by atoms with Gasteiger partial charge in [0.05, 0.1) is 6.61 Å². The molecule has 0 amide bonds. The average molecular weight is 321 g/mol. The van der Waals surface area contributed by atoms with Gasteiger partial charge < -0.3 is 9.15 Å². The predicted octanol–water partition coefficient (Wildman–Crippen LogP) is 4.30. The van der Waals surface area contributed by atoms with Crippen molar-refractivity contribution in [3.8, 4) is 11.3 Å². The Morgan fingerprint density at radius 2 is 1.67 bits per heavy atom. The van der Waals surface area contributed by atoms with Crippen LogP contribution in [0.15, 0.2) is 65.1 Å². The molecule has 2 aromatic carbocycles. The number of oxazole rings is 1. The summed E-state index contributed by atoms with van der Waals surface area (Å²) in [5, 5.41) is 0. The molecular formula is C20H19NO3. The SMILES string of the molecule is CCOC(=O)c1nc(-c2ccccc2)c(CCc2ccccc2)o1. The smallest absolute Gasteiger partial charge is 0.394 e. The van der Waals surface area contributed by atoms with E-state index in [1.165, 1.54) is 5.56 Å². The van der Waals surface area contributed by atoms with E-state index in [1.807, 2.05) is 48.5 Å². The highest BCUT2D eigenvalue weighted by molar-refractivity contribution is 5.85. The summed E-state index contributed by atoms with van der Waals surface area (Å²) in [6, 6.07) is 19.9. The van der Waals surface area contributed by atoms with Crippen LogP contribution in [0.1, 0.15) is 28.9 Å². The Hall–Kier alpha value is -2.88. The van der Waals surface area contributed by atoms with Gasteiger partial charge in [0.2, 0.25) is 0 Å². The van der Waals surface area contributed by atoms with Gasteiger partial charge in [0.1, 0.15) is 11.5 Å². The third kappa shape index (κ3) is 3.71. The Bertz CT molecular complexity index is 794. The Morgan fingerprint density at radius 1 is 1.00 bits per heavy atom. The molecular weight excluding hydrogens is 302 g/mol. The molecule has 0 spiro atoms. The fourth-order valence-electron chi connectivity index (χ4n) is 2.53. The van der Waals surface area contributed by atoms with Crippen molar-refractivity contribution in [3.05, 3.63) is 77.9 Å². The summed E-state index contributed by atoms with van der Waals surface area (Å²) < 4.78 is 10.7. The Balaban J connectivity index is 1.89. The normalized spacial score (nSPS) is 10.5. The summed E-state index contributed by atoms with van der Waals surface area (Å²) in [6.45, 7) is 2.05. The first-order valence-electron chi connectivity index (χ1n) is 8.04. The number of nitrogens with zero attached hydrogens (tertiary/aromatic N) is 1. The predicted molar refractivity (Wildman–Crippen MR) is 91.7 cm³/mol. The van der Waals surface area contributed by atoms with Crippen molar-refractivity contribution >= 4 is 5.97 Å². The molecule has 24 heavy (non-hydrogen) atoms. The summed E-state index contributed by atoms with van der Waals surface area (Å²) in [5.41, 5.74) is 2.85. The van der Waals surface area contributed by atoms with Gasteiger partial charge in [-0.15, -0.1) is 0 Å². The van der Waals surface area contributed by atoms with Crippen molar-refractivity contribution in [2.45, 2.75) is 19.8 Å². The number of hydrogen-bond acceptors (Lipinski definition) is 4. The molecule has 0 aliphatic rings. The van der Waals surface area contributed by atoms with E-state index in [2.05, 4.69) is 17.1 Å². The molecule has 0 atom stereocenters. The maximum atomic E-state index is 11.9. The van der Waals surface area contributed by atoms with E-state index in [0.29, 0.717) is 24.5 Å². The molecule has 0 saturated heterocycles. The lowest BCUT2D eigenvalue weighted by molar-refractivity contribution is 0.0479. The van der Waals surface area contributed by atoms with Gasteiger partial charge in [-0.3, -0.25) is 0 Å². The van der Waals surface area contributed by atoms with E-state index in [-0.39, 0.29) is 5.89 Å². The van der Waals surface area contributed by atoms with Crippen LogP contribution in [-0.4, -0.2) is 17.6 Å². The quantitative estimate of drug-likeness (QED) is 0.635. The Labute approximate surface area is 141 Å². The largest absolute Gasteiger partial charge is 0.459 e. The van der Waals surface area contributed by atoms with E-state index in [9.17, 15) is 4.79 Å². The summed E-state index contributed by atoms with van der Waals surface area (Å²) in [6.07, 6.45) is 1.48. The minimum Gasteiger partial charge on any atom is -0.459 e. The number of aryl methyl sites for hydroxylation is 2. The number of esters is 1. The molecule has 122 valence electrons. The number of carbonyl (C=O) groups excluding carboxylic acids is 1. The molecule has 4 heteroatoms. The lowest BCUT2D eigenvalue weighted by atomic mass is 10.1. The number of aromatic nitrogens is 1. The van der Waals surface area contributed by atoms with Gasteiger partial charge in [0, 0.05) is 12.0 Å². The Kier molecular flexibility index (Phi) is 5.06. The first-order valence-corrected chi connectivity index (χ1v) is 8.04. The lowest BCUT2D eigenvalue weighted by Crippen LogP contribution is -2.04. The van der Waals surface area contributed by atoms with E-state index >= 15 is 0 Å². The molecule has 1 heterocycles. The summed E-state index contributed by atoms with van der Waals surface area (Å²) in [7, 11) is 0. The molecule has 1 aromatic heterocycles. The molecule has 3 aromatic rings. The van der Waals surface area contributed by atoms with Crippen molar-refractivity contribution < 1.29 is 13.9 Å². The van der Waals surface area contributed by atoms with Gasteiger partial charge >= 0.3 is 11.9 Å². The second-order valence-corrected chi connectivity index (χ2v) is 5.36. The van der Waals surface area contributed by atoms with Crippen LogP contribution in [0, 0.1) is 0 Å². The third-order valence-electron chi connectivity index (χ3n) is 3.68. The van der Waals surface area contributed by atoms with Crippen molar-refractivity contribution in [1.29, 1.82) is 0 Å². The monoisotopic (exact) mass is 321 g/mol. The van der Waals surface area contributed by atoms with E-state index in [4.69, 9.17) is 9.15 Å². The van der Waals surface area contributed by atoms with Crippen LogP contribution >= 0.6 is 0 Å². The zero-order chi connectivity index (χ0) is 16.8. The van der Waals surface area contributed by atoms with Crippen LogP contribution in [0.5, 0.6) is 0 Å². The zero-order valence-electron chi connectivity index (χ0n) is 13.6. The summed E-state index contributed by atoms with van der Waals surface area (Å²) in [4.78, 5) is 16.3. The third-order valence-corrected chi connectivity index (χ3v) is 3.68. The van der Waals surface area contributed by atoms with Crippen LogP contribution in [0.25, 0.3) is 11.3 Å². The van der Waals surface area contributed by atoms with Gasteiger partial charge in [-0.2, -0.15) is 0 Å². The standard InChI is InChI=1S/C20H19NO3/c1-2-23-20(22)19-21-18(16-11-7-4-8-12-16)17(24-19)14-13-15-9-5-3-6-10-15/h3-12H,2,13-14H2,1H3. The summed E-state index contributed by atoms with van der Waals surface area (Å²) >= 11 is 0. The van der Waals surface area contributed by atoms with Crippen LogP contribution in [0.3, 0.4) is 0 Å². The highest BCUT2D eigenvalue weighted by Crippen LogP contribution is 2.25. The minimum absolute atomic E-state index is 0.0127. The first kappa shape index (κ1) is 16.0. The number of benzene rings is 2. The highest BCUT2D eigenvalue weighted by Gasteiger charge is 2.20. The minimum atomic E-state index is -0.527. The molecule has 0 aliphatic heterocycles. The summed E-state index contributed by atoms with van der Waals surface area (Å²) in [5.74, 6) is 0.188. The van der Waals surface area contributed by atoms with Crippen molar-refractivity contribution in [2.24, 2.45) is 0 Å².